The number of methoxy groups -OCH3 is 2. The van der Waals surface area contributed by atoms with Crippen molar-refractivity contribution in [1.82, 2.24) is 0 Å². The largest absolute Gasteiger partial charge is 1.00 e. The van der Waals surface area contributed by atoms with Crippen LogP contribution in [0.15, 0.2) is 156 Å². The molecule has 350 valence electrons. The number of carboxylic acids is 1. The van der Waals surface area contributed by atoms with Crippen LogP contribution < -0.4 is 18.9 Å². The van der Waals surface area contributed by atoms with Crippen LogP contribution in [0.2, 0.25) is 0 Å². The van der Waals surface area contributed by atoms with E-state index in [1.54, 1.807) is 42.5 Å². The molecule has 1 fully saturated rings. The minimum Gasteiger partial charge on any atom is -0.870 e. The predicted molar refractivity (Wildman–Crippen MR) is 272 cm³/mol. The van der Waals surface area contributed by atoms with Crippen LogP contribution in [0.4, 0.5) is 0 Å². The number of hydrogen-bond donors (Lipinski definition) is 1. The maximum absolute atomic E-state index is 11.6. The Balaban J connectivity index is 0.000000201. The molecule has 1 saturated heterocycles. The second kappa shape index (κ2) is 24.5. The maximum Gasteiger partial charge on any atom is 1.00 e. The molecule has 0 radical (unpaired) electrons. The van der Waals surface area contributed by atoms with E-state index in [1.165, 1.54) is 64.2 Å². The first-order valence-electron chi connectivity index (χ1n) is 21.7. The van der Waals surface area contributed by atoms with Crippen LogP contribution in [0.5, 0.6) is 0 Å². The molecule has 0 bridgehead atoms. The van der Waals surface area contributed by atoms with Crippen molar-refractivity contribution in [2.45, 2.75) is 58.2 Å². The molecule has 10 rings (SSSR count). The summed E-state index contributed by atoms with van der Waals surface area (Å²) in [6.45, 7) is 8.37. The number of esters is 2. The molecule has 4 aliphatic rings. The van der Waals surface area contributed by atoms with Gasteiger partial charge in [-0.2, -0.15) is 0 Å². The topological polar surface area (TPSA) is 170 Å². The molecule has 4 N–H and O–H groups in total. The van der Waals surface area contributed by atoms with E-state index in [0.717, 1.165) is 34.9 Å². The molecule has 1 heterocycles. The Morgan fingerprint density at radius 1 is 0.551 bits per heavy atom. The Morgan fingerprint density at radius 2 is 0.942 bits per heavy atom. The molecule has 69 heavy (non-hydrogen) atoms. The predicted octanol–water partition coefficient (Wildman–Crippen LogP) is 8.55. The summed E-state index contributed by atoms with van der Waals surface area (Å²) in [6.07, 6.45) is 9.26. The van der Waals surface area contributed by atoms with Gasteiger partial charge in [-0.05, 0) is 151 Å². The number of fused-ring (bicyclic) bond motifs is 3. The van der Waals surface area contributed by atoms with Gasteiger partial charge in [-0.25, -0.2) is 14.4 Å². The third-order valence-electron chi connectivity index (χ3n) is 12.3. The Bertz CT molecular complexity index is 2870. The first-order valence-corrected chi connectivity index (χ1v) is 22.5. The van der Waals surface area contributed by atoms with Gasteiger partial charge in [-0.1, -0.05) is 137 Å². The molecule has 0 saturated carbocycles. The van der Waals surface area contributed by atoms with Crippen molar-refractivity contribution in [1.29, 1.82) is 0 Å². The zero-order valence-corrected chi connectivity index (χ0v) is 41.5. The van der Waals surface area contributed by atoms with Gasteiger partial charge in [0.2, 0.25) is 0 Å². The number of benzene rings is 6. The standard InChI is InChI=1S/C17H14O2.C16H12O2.C15H19BO2.C8H7BrO2.Li.2H2O/c1-19-17(18)15-8-4-7-14(9-15)16-10-12-5-2-3-6-13(12)11-16;17-16(18)14-7-3-6-13(8-14)15-9-11-4-1-2-5-12(11)10-15;1-14(2)15(3,4)18-16(17-14)13-9-11-7-5-6-8-12(11)10-13;1-11-8(10)6-3-2-4-7(9)5-6;;;/h2-10H,11H2,1H3;1-9H,10H2,(H,17,18);5-9H,10H2,1-4H3;2-5H,1H3;;2*1H2/q;;;;+1;;/p-1. The van der Waals surface area contributed by atoms with Gasteiger partial charge in [-0.3, -0.25) is 0 Å². The number of carboxylic acid groups (broad SMARTS) is 1. The van der Waals surface area contributed by atoms with E-state index in [2.05, 4.69) is 121 Å². The molecule has 0 atom stereocenters. The monoisotopic (exact) mass is 984 g/mol. The van der Waals surface area contributed by atoms with Crippen molar-refractivity contribution in [2.24, 2.45) is 0 Å². The fraction of sp³-hybridized carbons (Fsp3) is 0.196. The third-order valence-corrected chi connectivity index (χ3v) is 12.8. The van der Waals surface area contributed by atoms with Crippen LogP contribution >= 0.6 is 15.9 Å². The Hall–Kier alpha value is -6.07. The number of aromatic carboxylic acids is 1. The summed E-state index contributed by atoms with van der Waals surface area (Å²) < 4.78 is 22.3. The Labute approximate surface area is 425 Å². The molecule has 10 nitrogen and oxygen atoms in total. The van der Waals surface area contributed by atoms with Crippen LogP contribution in [0.25, 0.3) is 29.4 Å². The van der Waals surface area contributed by atoms with Gasteiger partial charge in [-0.15, -0.1) is 0 Å². The van der Waals surface area contributed by atoms with E-state index in [-0.39, 0.29) is 60.1 Å². The molecule has 0 spiro atoms. The first-order chi connectivity index (χ1) is 31.6. The minimum atomic E-state index is -0.882. The van der Waals surface area contributed by atoms with E-state index < -0.39 is 5.97 Å². The molecule has 0 amide bonds. The average Bonchev–Trinajstić information content (AvgIpc) is 4.12. The fourth-order valence-corrected chi connectivity index (χ4v) is 8.33. The van der Waals surface area contributed by atoms with Crippen molar-refractivity contribution in [3.8, 4) is 0 Å². The third kappa shape index (κ3) is 13.6. The number of halogens is 1. The van der Waals surface area contributed by atoms with Crippen LogP contribution in [0.1, 0.15) is 103 Å². The van der Waals surface area contributed by atoms with E-state index in [0.29, 0.717) is 16.7 Å². The summed E-state index contributed by atoms with van der Waals surface area (Å²) in [4.78, 5) is 33.4. The first kappa shape index (κ1) is 55.5. The molecule has 6 aromatic carbocycles. The minimum absolute atomic E-state index is 0. The molecule has 0 unspecified atom stereocenters. The van der Waals surface area contributed by atoms with Gasteiger partial charge in [0.1, 0.15) is 0 Å². The molecule has 3 aliphatic carbocycles. The van der Waals surface area contributed by atoms with Gasteiger partial charge >= 0.3 is 43.9 Å². The molecule has 13 heteroatoms. The average molecular weight is 986 g/mol. The second-order valence-electron chi connectivity index (χ2n) is 17.2. The second-order valence-corrected chi connectivity index (χ2v) is 18.1. The summed E-state index contributed by atoms with van der Waals surface area (Å²) in [5.41, 5.74) is 14.5. The summed E-state index contributed by atoms with van der Waals surface area (Å²) >= 11 is 3.25. The van der Waals surface area contributed by atoms with Gasteiger partial charge < -0.3 is 34.8 Å². The van der Waals surface area contributed by atoms with E-state index in [9.17, 15) is 14.4 Å². The Kier molecular flexibility index (Phi) is 19.7. The van der Waals surface area contributed by atoms with Crippen LogP contribution in [0, 0.1) is 0 Å². The number of allylic oxidation sites excluding steroid dienone is 3. The number of ether oxygens (including phenoxy) is 2. The van der Waals surface area contributed by atoms with E-state index in [1.807, 2.05) is 48.5 Å². The van der Waals surface area contributed by atoms with Crippen molar-refractivity contribution in [2.75, 3.05) is 14.2 Å². The SMILES string of the molecule is CC1(C)OB(C2=Cc3ccccc3C2)OC1(C)C.COC(=O)c1cccc(Br)c1.COC(=O)c1cccc(C2=Cc3ccccc3C2)c1.O.O=C(O)c1cccc(C2=Cc3ccccc3C2)c1.[Li+].[OH-]. The maximum atomic E-state index is 11.6. The summed E-state index contributed by atoms with van der Waals surface area (Å²) in [6, 6.07) is 46.8. The van der Waals surface area contributed by atoms with Gasteiger partial charge in [0.05, 0.1) is 42.1 Å². The quantitative estimate of drug-likeness (QED) is 0.127. The normalized spacial score (nSPS) is 14.7. The molecular formula is C56H55BBrLiO10. The van der Waals surface area contributed by atoms with Gasteiger partial charge in [0.15, 0.2) is 0 Å². The summed E-state index contributed by atoms with van der Waals surface area (Å²) in [5, 5.41) is 9.01. The Morgan fingerprint density at radius 3 is 1.36 bits per heavy atom. The zero-order chi connectivity index (χ0) is 47.0. The molecule has 1 aliphatic heterocycles. The van der Waals surface area contributed by atoms with Gasteiger partial charge in [0.25, 0.3) is 0 Å². The van der Waals surface area contributed by atoms with Crippen molar-refractivity contribution >= 4 is 70.3 Å². The number of hydrogen-bond acceptors (Lipinski definition) is 8. The summed E-state index contributed by atoms with van der Waals surface area (Å²) in [5.74, 6) is -1.49. The molecular weight excluding hydrogens is 930 g/mol. The van der Waals surface area contributed by atoms with Crippen LogP contribution in [0.3, 0.4) is 0 Å². The number of carbonyl (C=O) groups is 3. The summed E-state index contributed by atoms with van der Waals surface area (Å²) in [7, 11) is 2.56. The molecule has 6 aromatic rings. The van der Waals surface area contributed by atoms with E-state index in [4.69, 9.17) is 19.2 Å². The number of rotatable bonds is 6. The van der Waals surface area contributed by atoms with Crippen molar-refractivity contribution in [3.05, 3.63) is 217 Å². The fourth-order valence-electron chi connectivity index (χ4n) is 7.93. The van der Waals surface area contributed by atoms with Crippen molar-refractivity contribution < 1.29 is 68.1 Å². The van der Waals surface area contributed by atoms with Crippen LogP contribution in [-0.4, -0.2) is 66.5 Å². The molecule has 0 aromatic heterocycles. The van der Waals surface area contributed by atoms with E-state index >= 15 is 0 Å². The van der Waals surface area contributed by atoms with Gasteiger partial charge in [0, 0.05) is 4.47 Å². The van der Waals surface area contributed by atoms with Crippen molar-refractivity contribution in [3.63, 3.8) is 0 Å². The zero-order valence-electron chi connectivity index (χ0n) is 39.9. The smallest absolute Gasteiger partial charge is 0.870 e. The van der Waals surface area contributed by atoms with Crippen LogP contribution in [-0.2, 0) is 38.0 Å². The number of carbonyl (C=O) groups excluding carboxylic acids is 2.